The second-order valence-electron chi connectivity index (χ2n) is 14.9. The van der Waals surface area contributed by atoms with Crippen LogP contribution in [-0.2, 0) is 0 Å². The Morgan fingerprint density at radius 2 is 1.00 bits per heavy atom. The number of anilines is 3. The molecule has 9 aromatic carbocycles. The molecule has 11 aromatic rings. The number of benzene rings is 9. The summed E-state index contributed by atoms with van der Waals surface area (Å²) in [7, 11) is 0. The van der Waals surface area contributed by atoms with Crippen molar-refractivity contribution in [2.75, 3.05) is 4.90 Å². The summed E-state index contributed by atoms with van der Waals surface area (Å²) >= 11 is 0. The standard InChI is InChI=1S/C54H34N4/c1-2-17-38(18-3-1)57-47-27-12-9-21-42(47)41-20-6-7-22-43(41)51-49(57)33-34-50-52(51)45-24-10-13-28-48(45)58(50)54-55-46-26-11-8-23-44(46)53(56-54)37-31-29-36(30-32-37)40-25-14-16-35-15-4-5-19-39(35)40/h1-34H. The van der Waals surface area contributed by atoms with Crippen LogP contribution in [-0.4, -0.2) is 14.5 Å². The number of nitrogens with zero attached hydrogens (tertiary/aromatic N) is 4. The zero-order valence-electron chi connectivity index (χ0n) is 31.4. The minimum absolute atomic E-state index is 0.642. The summed E-state index contributed by atoms with van der Waals surface area (Å²) in [5, 5.41) is 5.83. The maximum atomic E-state index is 5.48. The molecule has 0 fully saturated rings. The molecule has 4 nitrogen and oxygen atoms in total. The minimum atomic E-state index is 0.642. The second-order valence-corrected chi connectivity index (χ2v) is 14.9. The average Bonchev–Trinajstić information content (AvgIpc) is 3.57. The van der Waals surface area contributed by atoms with Crippen LogP contribution in [0.1, 0.15) is 0 Å². The highest BCUT2D eigenvalue weighted by atomic mass is 15.2. The van der Waals surface area contributed by atoms with E-state index in [1.54, 1.807) is 0 Å². The van der Waals surface area contributed by atoms with Gasteiger partial charge in [-0.05, 0) is 75.5 Å². The monoisotopic (exact) mass is 738 g/mol. The van der Waals surface area contributed by atoms with E-state index in [2.05, 4.69) is 216 Å². The molecule has 1 aliphatic heterocycles. The van der Waals surface area contributed by atoms with E-state index in [1.807, 2.05) is 0 Å². The molecule has 3 heterocycles. The lowest BCUT2D eigenvalue weighted by molar-refractivity contribution is 1.01. The number of fused-ring (bicyclic) bond motifs is 11. The summed E-state index contributed by atoms with van der Waals surface area (Å²) in [6, 6.07) is 73.8. The zero-order valence-corrected chi connectivity index (χ0v) is 31.4. The van der Waals surface area contributed by atoms with Gasteiger partial charge in [0, 0.05) is 38.5 Å². The Morgan fingerprint density at radius 1 is 0.362 bits per heavy atom. The van der Waals surface area contributed by atoms with Gasteiger partial charge in [0.2, 0.25) is 5.95 Å². The van der Waals surface area contributed by atoms with Gasteiger partial charge in [0.1, 0.15) is 0 Å². The van der Waals surface area contributed by atoms with Crippen LogP contribution < -0.4 is 4.90 Å². The molecular formula is C54H34N4. The van der Waals surface area contributed by atoms with E-state index < -0.39 is 0 Å². The summed E-state index contributed by atoms with van der Waals surface area (Å²) in [6.07, 6.45) is 0. The summed E-state index contributed by atoms with van der Waals surface area (Å²) < 4.78 is 2.26. The molecule has 0 N–H and O–H groups in total. The van der Waals surface area contributed by atoms with Gasteiger partial charge >= 0.3 is 0 Å². The van der Waals surface area contributed by atoms with Crippen molar-refractivity contribution in [1.29, 1.82) is 0 Å². The summed E-state index contributed by atoms with van der Waals surface area (Å²) in [5.41, 5.74) is 15.5. The van der Waals surface area contributed by atoms with E-state index in [-0.39, 0.29) is 0 Å². The smallest absolute Gasteiger partial charge is 0.235 e. The Labute approximate surface area is 335 Å². The lowest BCUT2D eigenvalue weighted by Crippen LogP contribution is -2.11. The third-order valence-corrected chi connectivity index (χ3v) is 11.8. The van der Waals surface area contributed by atoms with E-state index in [9.17, 15) is 0 Å². The second kappa shape index (κ2) is 12.9. The number of aromatic nitrogens is 3. The summed E-state index contributed by atoms with van der Waals surface area (Å²) in [4.78, 5) is 13.2. The Balaban J connectivity index is 1.11. The third kappa shape index (κ3) is 4.88. The Bertz CT molecular complexity index is 3390. The van der Waals surface area contributed by atoms with Gasteiger partial charge in [-0.2, -0.15) is 0 Å². The Hall–Kier alpha value is -7.82. The number of hydrogen-bond acceptors (Lipinski definition) is 3. The first kappa shape index (κ1) is 32.4. The number of hydrogen-bond donors (Lipinski definition) is 0. The van der Waals surface area contributed by atoms with Gasteiger partial charge in [0.25, 0.3) is 0 Å². The van der Waals surface area contributed by atoms with Crippen LogP contribution in [0.15, 0.2) is 206 Å². The average molecular weight is 739 g/mol. The van der Waals surface area contributed by atoms with Crippen LogP contribution in [0.4, 0.5) is 17.1 Å². The quantitative estimate of drug-likeness (QED) is 0.180. The molecule has 270 valence electrons. The molecule has 0 saturated carbocycles. The fourth-order valence-electron chi connectivity index (χ4n) is 9.21. The van der Waals surface area contributed by atoms with Crippen molar-refractivity contribution in [3.63, 3.8) is 0 Å². The van der Waals surface area contributed by atoms with E-state index in [4.69, 9.17) is 9.97 Å². The zero-order chi connectivity index (χ0) is 38.2. The topological polar surface area (TPSA) is 34.0 Å². The van der Waals surface area contributed by atoms with Gasteiger partial charge in [-0.3, -0.25) is 4.57 Å². The van der Waals surface area contributed by atoms with E-state index in [0.29, 0.717) is 5.95 Å². The lowest BCUT2D eigenvalue weighted by atomic mass is 9.92. The first-order valence-corrected chi connectivity index (χ1v) is 19.8. The van der Waals surface area contributed by atoms with Crippen LogP contribution in [0.5, 0.6) is 0 Å². The van der Waals surface area contributed by atoms with Gasteiger partial charge in [-0.25, -0.2) is 9.97 Å². The first-order valence-electron chi connectivity index (χ1n) is 19.8. The minimum Gasteiger partial charge on any atom is -0.309 e. The van der Waals surface area contributed by atoms with Crippen LogP contribution >= 0.6 is 0 Å². The van der Waals surface area contributed by atoms with E-state index in [1.165, 1.54) is 49.5 Å². The fraction of sp³-hybridized carbons (Fsp3) is 0. The third-order valence-electron chi connectivity index (χ3n) is 11.8. The number of rotatable bonds is 4. The molecular weight excluding hydrogens is 705 g/mol. The summed E-state index contributed by atoms with van der Waals surface area (Å²) in [5.74, 6) is 0.642. The molecule has 0 atom stereocenters. The molecule has 2 aromatic heterocycles. The molecule has 0 spiro atoms. The molecule has 58 heavy (non-hydrogen) atoms. The normalized spacial score (nSPS) is 12.1. The van der Waals surface area contributed by atoms with Gasteiger partial charge < -0.3 is 4.90 Å². The van der Waals surface area contributed by atoms with Gasteiger partial charge in [-0.1, -0.05) is 164 Å². The molecule has 12 rings (SSSR count). The molecule has 0 unspecified atom stereocenters. The van der Waals surface area contributed by atoms with E-state index >= 15 is 0 Å². The highest BCUT2D eigenvalue weighted by Gasteiger charge is 2.30. The SMILES string of the molecule is c1ccc(N2c3ccccc3-c3ccccc3-c3c2ccc2c3c3ccccc3n2-c2nc(-c3ccc(-c4cccc5ccccc45)cc3)c3ccccc3n2)cc1. The van der Waals surface area contributed by atoms with Gasteiger partial charge in [0.15, 0.2) is 0 Å². The molecule has 0 aliphatic carbocycles. The maximum Gasteiger partial charge on any atom is 0.235 e. The van der Waals surface area contributed by atoms with E-state index in [0.717, 1.165) is 55.6 Å². The van der Waals surface area contributed by atoms with Crippen LogP contribution in [0, 0.1) is 0 Å². The fourth-order valence-corrected chi connectivity index (χ4v) is 9.21. The Morgan fingerprint density at radius 3 is 1.86 bits per heavy atom. The molecule has 0 saturated heterocycles. The molecule has 4 heteroatoms. The van der Waals surface area contributed by atoms with Crippen LogP contribution in [0.3, 0.4) is 0 Å². The van der Waals surface area contributed by atoms with Crippen molar-refractivity contribution >= 4 is 60.5 Å². The maximum absolute atomic E-state index is 5.48. The summed E-state index contributed by atoms with van der Waals surface area (Å²) in [6.45, 7) is 0. The number of para-hydroxylation sites is 4. The van der Waals surface area contributed by atoms with Crippen molar-refractivity contribution in [2.24, 2.45) is 0 Å². The lowest BCUT2D eigenvalue weighted by Gasteiger charge is -2.27. The molecule has 0 radical (unpaired) electrons. The first-order chi connectivity index (χ1) is 28.8. The molecule has 0 amide bonds. The van der Waals surface area contributed by atoms with Crippen molar-refractivity contribution in [1.82, 2.24) is 14.5 Å². The van der Waals surface area contributed by atoms with Crippen LogP contribution in [0.2, 0.25) is 0 Å². The van der Waals surface area contributed by atoms with Crippen molar-refractivity contribution in [3.05, 3.63) is 206 Å². The highest BCUT2D eigenvalue weighted by Crippen LogP contribution is 2.54. The van der Waals surface area contributed by atoms with Crippen molar-refractivity contribution < 1.29 is 0 Å². The van der Waals surface area contributed by atoms with Gasteiger partial charge in [0.05, 0.1) is 33.6 Å². The molecule has 0 bridgehead atoms. The predicted octanol–water partition coefficient (Wildman–Crippen LogP) is 14.3. The van der Waals surface area contributed by atoms with Crippen molar-refractivity contribution in [2.45, 2.75) is 0 Å². The molecule has 1 aliphatic rings. The Kier molecular flexibility index (Phi) is 7.20. The van der Waals surface area contributed by atoms with Crippen molar-refractivity contribution in [3.8, 4) is 50.6 Å². The predicted molar refractivity (Wildman–Crippen MR) is 241 cm³/mol. The van der Waals surface area contributed by atoms with Gasteiger partial charge in [-0.15, -0.1) is 0 Å². The highest BCUT2D eigenvalue weighted by molar-refractivity contribution is 6.21. The van der Waals surface area contributed by atoms with Crippen LogP contribution in [0.25, 0.3) is 94.1 Å². The largest absolute Gasteiger partial charge is 0.309 e.